The fourth-order valence-corrected chi connectivity index (χ4v) is 3.15. The number of cyclic esters (lactones) is 1. The number of amides is 1. The van der Waals surface area contributed by atoms with Crippen LogP contribution in [0.2, 0.25) is 0 Å². The first-order chi connectivity index (χ1) is 14.0. The maximum atomic E-state index is 13.7. The number of carbonyl (C=O) groups excluding carboxylic acids is 1. The zero-order valence-corrected chi connectivity index (χ0v) is 15.0. The monoisotopic (exact) mass is 400 g/mol. The van der Waals surface area contributed by atoms with E-state index in [1.54, 1.807) is 12.3 Å². The van der Waals surface area contributed by atoms with E-state index < -0.39 is 24.3 Å². The molecule has 1 aliphatic heterocycles. The van der Waals surface area contributed by atoms with Crippen molar-refractivity contribution in [3.8, 4) is 16.9 Å². The van der Waals surface area contributed by atoms with Gasteiger partial charge in [0.1, 0.15) is 6.26 Å². The topological polar surface area (TPSA) is 51.7 Å². The first-order valence-electron chi connectivity index (χ1n) is 8.74. The van der Waals surface area contributed by atoms with E-state index in [2.05, 4.69) is 9.72 Å². The van der Waals surface area contributed by atoms with E-state index in [9.17, 15) is 18.0 Å². The smallest absolute Gasteiger partial charge is 0.419 e. The number of nitrogens with zero attached hydrogens (tertiary/aromatic N) is 2. The van der Waals surface area contributed by atoms with Crippen LogP contribution in [-0.4, -0.2) is 22.6 Å². The molecule has 2 heterocycles. The van der Waals surface area contributed by atoms with Crippen LogP contribution in [0.3, 0.4) is 0 Å². The lowest BCUT2D eigenvalue weighted by Crippen LogP contribution is -2.33. The second-order valence-corrected chi connectivity index (χ2v) is 6.40. The van der Waals surface area contributed by atoms with Gasteiger partial charge in [0.25, 0.3) is 0 Å². The highest BCUT2D eigenvalue weighted by Gasteiger charge is 2.27. The van der Waals surface area contributed by atoms with Gasteiger partial charge in [-0.15, -0.1) is 0 Å². The number of pyridine rings is 1. The summed E-state index contributed by atoms with van der Waals surface area (Å²) in [7, 11) is 0. The quantitative estimate of drug-likeness (QED) is 0.695. The number of benzene rings is 1. The molecule has 0 unspecified atom stereocenters. The molecule has 0 N–H and O–H groups in total. The SMILES string of the molecule is O=C1OC=C2CC=CC=C2N1Cc1cncc(-c2ccc(F)c(OC(F)F)c2)c1. The van der Waals surface area contributed by atoms with Gasteiger partial charge in [0.05, 0.1) is 12.2 Å². The maximum Gasteiger partial charge on any atom is 0.419 e. The minimum atomic E-state index is -3.13. The van der Waals surface area contributed by atoms with Gasteiger partial charge in [-0.2, -0.15) is 8.78 Å². The number of halogens is 3. The van der Waals surface area contributed by atoms with Gasteiger partial charge in [0, 0.05) is 23.5 Å². The largest absolute Gasteiger partial charge is 0.432 e. The molecule has 0 atom stereocenters. The van der Waals surface area contributed by atoms with E-state index in [-0.39, 0.29) is 6.54 Å². The predicted molar refractivity (Wildman–Crippen MR) is 98.2 cm³/mol. The van der Waals surface area contributed by atoms with Crippen LogP contribution in [0.15, 0.2) is 72.4 Å². The number of alkyl halides is 2. The molecule has 1 aromatic carbocycles. The van der Waals surface area contributed by atoms with Gasteiger partial charge in [-0.1, -0.05) is 18.2 Å². The zero-order chi connectivity index (χ0) is 20.4. The van der Waals surface area contributed by atoms with Gasteiger partial charge in [-0.25, -0.2) is 9.18 Å². The van der Waals surface area contributed by atoms with Crippen molar-refractivity contribution in [3.05, 3.63) is 83.8 Å². The summed E-state index contributed by atoms with van der Waals surface area (Å²) in [6.07, 6.45) is 10.4. The van der Waals surface area contributed by atoms with Gasteiger partial charge in [0.15, 0.2) is 11.6 Å². The van der Waals surface area contributed by atoms with Crippen LogP contribution in [0, 0.1) is 5.82 Å². The average Bonchev–Trinajstić information content (AvgIpc) is 2.72. The van der Waals surface area contributed by atoms with Gasteiger partial charge in [-0.05, 0) is 41.8 Å². The Balaban J connectivity index is 1.61. The summed E-state index contributed by atoms with van der Waals surface area (Å²) < 4.78 is 47.9. The number of aromatic nitrogens is 1. The number of fused-ring (bicyclic) bond motifs is 1. The number of ether oxygens (including phenoxy) is 2. The molecule has 8 heteroatoms. The Morgan fingerprint density at radius 3 is 2.90 bits per heavy atom. The Hall–Kier alpha value is -3.55. The molecular formula is C21H15F3N2O3. The molecule has 0 bridgehead atoms. The summed E-state index contributed by atoms with van der Waals surface area (Å²) in [5, 5.41) is 0. The molecule has 0 fully saturated rings. The first kappa shape index (κ1) is 18.8. The number of allylic oxidation sites excluding steroid dienone is 4. The van der Waals surface area contributed by atoms with Gasteiger partial charge in [-0.3, -0.25) is 9.88 Å². The lowest BCUT2D eigenvalue weighted by atomic mass is 10.0. The highest BCUT2D eigenvalue weighted by Crippen LogP contribution is 2.31. The summed E-state index contributed by atoms with van der Waals surface area (Å²) in [6, 6.07) is 5.43. The highest BCUT2D eigenvalue weighted by molar-refractivity contribution is 5.75. The molecule has 0 radical (unpaired) electrons. The summed E-state index contributed by atoms with van der Waals surface area (Å²) >= 11 is 0. The van der Waals surface area contributed by atoms with E-state index in [0.29, 0.717) is 23.1 Å². The van der Waals surface area contributed by atoms with Crippen molar-refractivity contribution in [1.29, 1.82) is 0 Å². The molecule has 1 amide bonds. The van der Waals surface area contributed by atoms with Crippen LogP contribution < -0.4 is 4.74 Å². The van der Waals surface area contributed by atoms with Crippen molar-refractivity contribution in [2.24, 2.45) is 0 Å². The minimum Gasteiger partial charge on any atom is -0.432 e. The van der Waals surface area contributed by atoms with Crippen molar-refractivity contribution in [1.82, 2.24) is 9.88 Å². The molecular weight excluding hydrogens is 385 g/mol. The zero-order valence-electron chi connectivity index (χ0n) is 15.0. The van der Waals surface area contributed by atoms with E-state index in [1.165, 1.54) is 29.5 Å². The number of hydrogen-bond acceptors (Lipinski definition) is 4. The van der Waals surface area contributed by atoms with Crippen LogP contribution in [0.4, 0.5) is 18.0 Å². The molecule has 5 nitrogen and oxygen atoms in total. The van der Waals surface area contributed by atoms with Gasteiger partial charge in [0.2, 0.25) is 0 Å². The Morgan fingerprint density at radius 2 is 2.07 bits per heavy atom. The van der Waals surface area contributed by atoms with Crippen LogP contribution in [0.5, 0.6) is 5.75 Å². The standard InChI is InChI=1S/C21H15F3N2O3/c22-17-6-5-14(8-19(17)29-20(23)24)16-7-13(9-25-10-16)11-26-18-4-2-1-3-15(18)12-28-21(26)27/h1-2,4-10,12,20H,3,11H2. The maximum absolute atomic E-state index is 13.7. The summed E-state index contributed by atoms with van der Waals surface area (Å²) in [5.41, 5.74) is 3.36. The average molecular weight is 400 g/mol. The minimum absolute atomic E-state index is 0.207. The van der Waals surface area contributed by atoms with E-state index in [0.717, 1.165) is 17.3 Å². The van der Waals surface area contributed by atoms with Crippen molar-refractivity contribution in [3.63, 3.8) is 0 Å². The van der Waals surface area contributed by atoms with Crippen LogP contribution in [-0.2, 0) is 11.3 Å². The van der Waals surface area contributed by atoms with Crippen LogP contribution in [0.25, 0.3) is 11.1 Å². The molecule has 0 saturated carbocycles. The fraction of sp³-hybridized carbons (Fsp3) is 0.143. The molecule has 1 aromatic heterocycles. The van der Waals surface area contributed by atoms with E-state index in [1.807, 2.05) is 18.2 Å². The lowest BCUT2D eigenvalue weighted by Gasteiger charge is -2.30. The van der Waals surface area contributed by atoms with Gasteiger partial charge < -0.3 is 9.47 Å². The first-order valence-corrected chi connectivity index (χ1v) is 8.74. The second kappa shape index (κ2) is 7.83. The van der Waals surface area contributed by atoms with Crippen molar-refractivity contribution in [2.45, 2.75) is 19.6 Å². The molecule has 0 saturated heterocycles. The van der Waals surface area contributed by atoms with Gasteiger partial charge >= 0.3 is 12.7 Å². The summed E-state index contributed by atoms with van der Waals surface area (Å²) in [4.78, 5) is 17.9. The molecule has 1 aliphatic carbocycles. The molecule has 29 heavy (non-hydrogen) atoms. The summed E-state index contributed by atoms with van der Waals surface area (Å²) in [5.74, 6) is -1.43. The fourth-order valence-electron chi connectivity index (χ4n) is 3.15. The van der Waals surface area contributed by atoms with Crippen molar-refractivity contribution < 1.29 is 27.4 Å². The van der Waals surface area contributed by atoms with Crippen molar-refractivity contribution in [2.75, 3.05) is 0 Å². The van der Waals surface area contributed by atoms with Crippen LogP contribution in [0.1, 0.15) is 12.0 Å². The number of rotatable bonds is 5. The molecule has 0 spiro atoms. The summed E-state index contributed by atoms with van der Waals surface area (Å²) in [6.45, 7) is -2.92. The second-order valence-electron chi connectivity index (χ2n) is 6.40. The Labute approximate surface area is 164 Å². The lowest BCUT2D eigenvalue weighted by molar-refractivity contribution is -0.0521. The number of carbonyl (C=O) groups is 1. The van der Waals surface area contributed by atoms with Crippen LogP contribution >= 0.6 is 0 Å². The predicted octanol–water partition coefficient (Wildman–Crippen LogP) is 5.17. The highest BCUT2D eigenvalue weighted by atomic mass is 19.3. The Bertz CT molecular complexity index is 1050. The van der Waals surface area contributed by atoms with E-state index in [4.69, 9.17) is 4.74 Å². The Morgan fingerprint density at radius 1 is 1.21 bits per heavy atom. The van der Waals surface area contributed by atoms with E-state index >= 15 is 0 Å². The molecule has 2 aliphatic rings. The molecule has 148 valence electrons. The Kier molecular flexibility index (Phi) is 5.07. The third kappa shape index (κ3) is 4.01. The number of hydrogen-bond donors (Lipinski definition) is 0. The third-order valence-corrected chi connectivity index (χ3v) is 4.49. The molecule has 4 rings (SSSR count). The third-order valence-electron chi connectivity index (χ3n) is 4.49. The normalized spacial score (nSPS) is 15.6. The molecule has 2 aromatic rings. The van der Waals surface area contributed by atoms with Crippen molar-refractivity contribution >= 4 is 6.09 Å².